The highest BCUT2D eigenvalue weighted by atomic mass is 19.4. The number of nitrogens with two attached hydrogens (primary N) is 2. The maximum atomic E-state index is 13.2. The SMILES string of the molecule is CC(C)N=C(C=C(N)c1cnc(N)c(C(F)(F)F)c1)C[C@@H]1C[C@H](N2C[C@@H]3C[C@H]2CO3)C[C@@H]1C. The monoisotopic (exact) mass is 465 g/mol. The maximum absolute atomic E-state index is 13.2. The molecule has 1 saturated carbocycles. The molecule has 1 aromatic rings. The first-order valence-corrected chi connectivity index (χ1v) is 11.8. The summed E-state index contributed by atoms with van der Waals surface area (Å²) < 4.78 is 45.5. The molecule has 33 heavy (non-hydrogen) atoms. The van der Waals surface area contributed by atoms with Crippen molar-refractivity contribution >= 4 is 17.2 Å². The van der Waals surface area contributed by atoms with Gasteiger partial charge in [0.2, 0.25) is 0 Å². The first kappa shape index (κ1) is 24.0. The second kappa shape index (κ2) is 9.25. The third-order valence-corrected chi connectivity index (χ3v) is 7.21. The molecule has 3 heterocycles. The van der Waals surface area contributed by atoms with Gasteiger partial charge in [0.1, 0.15) is 5.82 Å². The summed E-state index contributed by atoms with van der Waals surface area (Å²) in [7, 11) is 0. The molecule has 182 valence electrons. The summed E-state index contributed by atoms with van der Waals surface area (Å²) in [5.41, 5.74) is 11.9. The van der Waals surface area contributed by atoms with Gasteiger partial charge in [-0.3, -0.25) is 9.89 Å². The smallest absolute Gasteiger partial charge is 0.398 e. The number of alkyl halides is 3. The van der Waals surface area contributed by atoms with Crippen LogP contribution in [0.2, 0.25) is 0 Å². The molecule has 5 atom stereocenters. The Bertz CT molecular complexity index is 929. The van der Waals surface area contributed by atoms with E-state index in [0.717, 1.165) is 50.6 Å². The van der Waals surface area contributed by atoms with Gasteiger partial charge in [-0.25, -0.2) is 4.98 Å². The second-order valence-corrected chi connectivity index (χ2v) is 10.1. The normalized spacial score (nSPS) is 31.2. The van der Waals surface area contributed by atoms with Crippen molar-refractivity contribution in [2.75, 3.05) is 18.9 Å². The Morgan fingerprint density at radius 3 is 2.67 bits per heavy atom. The lowest BCUT2D eigenvalue weighted by Gasteiger charge is -2.32. The van der Waals surface area contributed by atoms with Gasteiger partial charge < -0.3 is 16.2 Å². The Morgan fingerprint density at radius 1 is 1.30 bits per heavy atom. The minimum absolute atomic E-state index is 0.0540. The summed E-state index contributed by atoms with van der Waals surface area (Å²) in [5, 5.41) is 0. The van der Waals surface area contributed by atoms with Gasteiger partial charge in [-0.1, -0.05) is 6.92 Å². The molecule has 0 unspecified atom stereocenters. The topological polar surface area (TPSA) is 89.8 Å². The fourth-order valence-corrected chi connectivity index (χ4v) is 5.60. The van der Waals surface area contributed by atoms with Crippen LogP contribution in [0.25, 0.3) is 5.70 Å². The number of pyridine rings is 1. The number of likely N-dealkylation sites (tertiary alicyclic amines) is 1. The van der Waals surface area contributed by atoms with Gasteiger partial charge in [0.05, 0.1) is 18.3 Å². The quantitative estimate of drug-likeness (QED) is 0.617. The van der Waals surface area contributed by atoms with Crippen LogP contribution in [-0.4, -0.2) is 53.0 Å². The van der Waals surface area contributed by atoms with Crippen molar-refractivity contribution in [2.45, 2.75) is 76.9 Å². The maximum Gasteiger partial charge on any atom is 0.419 e. The van der Waals surface area contributed by atoms with E-state index in [4.69, 9.17) is 21.2 Å². The summed E-state index contributed by atoms with van der Waals surface area (Å²) in [6, 6.07) is 2.12. The van der Waals surface area contributed by atoms with Gasteiger partial charge in [-0.05, 0) is 63.5 Å². The Labute approximate surface area is 193 Å². The third kappa shape index (κ3) is 5.35. The largest absolute Gasteiger partial charge is 0.419 e. The molecule has 1 aromatic heterocycles. The number of ether oxygens (including phenoxy) is 1. The first-order valence-electron chi connectivity index (χ1n) is 11.8. The predicted molar refractivity (Wildman–Crippen MR) is 124 cm³/mol. The molecule has 2 saturated heterocycles. The molecule has 0 amide bonds. The molecular weight excluding hydrogens is 431 g/mol. The van der Waals surface area contributed by atoms with Gasteiger partial charge in [0, 0.05) is 47.8 Å². The molecule has 9 heteroatoms. The number of anilines is 1. The lowest BCUT2D eigenvalue weighted by molar-refractivity contribution is -0.137. The summed E-state index contributed by atoms with van der Waals surface area (Å²) >= 11 is 0. The summed E-state index contributed by atoms with van der Waals surface area (Å²) in [6.07, 6.45) is 2.93. The van der Waals surface area contributed by atoms with Gasteiger partial charge in [0.25, 0.3) is 0 Å². The average molecular weight is 466 g/mol. The molecule has 4 rings (SSSR count). The number of hydrogen-bond donors (Lipinski definition) is 2. The number of halogens is 3. The van der Waals surface area contributed by atoms with Gasteiger partial charge in [-0.15, -0.1) is 0 Å². The number of nitrogens with zero attached hydrogens (tertiary/aromatic N) is 3. The third-order valence-electron chi connectivity index (χ3n) is 7.21. The molecule has 3 aliphatic rings. The van der Waals surface area contributed by atoms with E-state index in [-0.39, 0.29) is 17.3 Å². The van der Waals surface area contributed by atoms with Crippen molar-refractivity contribution in [3.05, 3.63) is 29.5 Å². The predicted octanol–water partition coefficient (Wildman–Crippen LogP) is 4.11. The molecule has 0 radical (unpaired) electrons. The van der Waals surface area contributed by atoms with Crippen LogP contribution in [0.3, 0.4) is 0 Å². The van der Waals surface area contributed by atoms with E-state index >= 15 is 0 Å². The van der Waals surface area contributed by atoms with Crippen LogP contribution in [0.15, 0.2) is 23.3 Å². The van der Waals surface area contributed by atoms with Crippen LogP contribution >= 0.6 is 0 Å². The van der Waals surface area contributed by atoms with Crippen LogP contribution < -0.4 is 11.5 Å². The number of allylic oxidation sites excluding steroid dienone is 1. The van der Waals surface area contributed by atoms with E-state index in [1.54, 1.807) is 6.08 Å². The number of rotatable bonds is 6. The van der Waals surface area contributed by atoms with Gasteiger partial charge >= 0.3 is 6.18 Å². The van der Waals surface area contributed by atoms with Gasteiger partial charge in [0.15, 0.2) is 0 Å². The minimum Gasteiger partial charge on any atom is -0.398 e. The zero-order valence-corrected chi connectivity index (χ0v) is 19.5. The zero-order chi connectivity index (χ0) is 23.9. The Balaban J connectivity index is 1.50. The standard InChI is InChI=1S/C24H34F3N5O/c1-13(2)31-17(8-22(28)16-7-21(24(25,26)27)23(29)30-10-16)5-15-6-18(4-14(15)3)32-11-20-9-19(32)12-33-20/h7-8,10,13-15,18-20H,4-6,9,11-12,28H2,1-3H3,(H2,29,30)/t14-,15+,18+,19-,20-/m0/s1. The van der Waals surface area contributed by atoms with Crippen LogP contribution in [0.1, 0.15) is 57.6 Å². The van der Waals surface area contributed by atoms with Crippen LogP contribution in [-0.2, 0) is 10.9 Å². The van der Waals surface area contributed by atoms with E-state index in [1.165, 1.54) is 6.20 Å². The highest BCUT2D eigenvalue weighted by Crippen LogP contribution is 2.41. The molecule has 0 aromatic carbocycles. The number of nitrogen functional groups attached to an aromatic ring is 1. The van der Waals surface area contributed by atoms with E-state index < -0.39 is 17.6 Å². The summed E-state index contributed by atoms with van der Waals surface area (Å²) in [6.45, 7) is 8.13. The van der Waals surface area contributed by atoms with Gasteiger partial charge in [-0.2, -0.15) is 13.2 Å². The van der Waals surface area contributed by atoms with E-state index in [0.29, 0.717) is 30.0 Å². The fraction of sp³-hybridized carbons (Fsp3) is 0.667. The van der Waals surface area contributed by atoms with Crippen LogP contribution in [0, 0.1) is 11.8 Å². The number of aliphatic imine (C=N–C) groups is 1. The van der Waals surface area contributed by atoms with E-state index in [2.05, 4.69) is 16.8 Å². The highest BCUT2D eigenvalue weighted by molar-refractivity contribution is 6.00. The Kier molecular flexibility index (Phi) is 6.73. The number of hydrogen-bond acceptors (Lipinski definition) is 6. The summed E-state index contributed by atoms with van der Waals surface area (Å²) in [5.74, 6) is 0.436. The Hall–Kier alpha value is -2.13. The van der Waals surface area contributed by atoms with Crippen LogP contribution in [0.5, 0.6) is 0 Å². The fourth-order valence-electron chi connectivity index (χ4n) is 5.60. The number of aromatic nitrogens is 1. The summed E-state index contributed by atoms with van der Waals surface area (Å²) in [4.78, 5) is 11.1. The zero-order valence-electron chi connectivity index (χ0n) is 19.5. The minimum atomic E-state index is -4.59. The Morgan fingerprint density at radius 2 is 2.06 bits per heavy atom. The van der Waals surface area contributed by atoms with Crippen molar-refractivity contribution in [2.24, 2.45) is 22.6 Å². The highest BCUT2D eigenvalue weighted by Gasteiger charge is 2.45. The van der Waals surface area contributed by atoms with Crippen molar-refractivity contribution in [3.63, 3.8) is 0 Å². The van der Waals surface area contributed by atoms with Crippen molar-refractivity contribution < 1.29 is 17.9 Å². The van der Waals surface area contributed by atoms with Crippen LogP contribution in [0.4, 0.5) is 19.0 Å². The molecule has 4 N–H and O–H groups in total. The molecule has 0 spiro atoms. The van der Waals surface area contributed by atoms with Crippen molar-refractivity contribution in [1.29, 1.82) is 0 Å². The van der Waals surface area contributed by atoms with E-state index in [1.807, 2.05) is 13.8 Å². The molecule has 3 fully saturated rings. The van der Waals surface area contributed by atoms with Crippen molar-refractivity contribution in [3.8, 4) is 0 Å². The first-order chi connectivity index (χ1) is 15.5. The molecule has 6 nitrogen and oxygen atoms in total. The lowest BCUT2D eigenvalue weighted by atomic mass is 9.91. The molecule has 2 bridgehead atoms. The van der Waals surface area contributed by atoms with Crippen molar-refractivity contribution in [1.82, 2.24) is 9.88 Å². The average Bonchev–Trinajstić information content (AvgIpc) is 3.43. The number of fused-ring (bicyclic) bond motifs is 2. The van der Waals surface area contributed by atoms with E-state index in [9.17, 15) is 13.2 Å². The molecule has 2 aliphatic heterocycles. The molecule has 1 aliphatic carbocycles. The second-order valence-electron chi connectivity index (χ2n) is 10.1. The molecular formula is C24H34F3N5O. The lowest BCUT2D eigenvalue weighted by Crippen LogP contribution is -2.43. The number of morpholine rings is 1.